The summed E-state index contributed by atoms with van der Waals surface area (Å²) in [7, 11) is 0. The van der Waals surface area contributed by atoms with Gasteiger partial charge in [-0.3, -0.25) is 4.90 Å². The van der Waals surface area contributed by atoms with Crippen molar-refractivity contribution in [2.75, 3.05) is 13.1 Å². The van der Waals surface area contributed by atoms with Crippen LogP contribution in [0.2, 0.25) is 0 Å². The quantitative estimate of drug-likeness (QED) is 0.506. The average molecular weight is 358 g/mol. The Morgan fingerprint density at radius 1 is 1.04 bits per heavy atom. The van der Waals surface area contributed by atoms with Crippen molar-refractivity contribution in [3.05, 3.63) is 66.0 Å². The summed E-state index contributed by atoms with van der Waals surface area (Å²) in [5.41, 5.74) is 5.80. The standard InChI is InChI=1S/C22H19FN4/c23-16-1-4-21-18(10-16)19-12-26-7-5-14(6-8-26)22(19)27(21)17-2-3-20-15(9-17)11-24-13-25-20/h1-4,9-11,13-14H,5-8,12H2. The normalized spacial score (nSPS) is 21.5. The second-order valence-electron chi connectivity index (χ2n) is 7.68. The van der Waals surface area contributed by atoms with E-state index in [4.69, 9.17) is 0 Å². The molecule has 2 bridgehead atoms. The van der Waals surface area contributed by atoms with Gasteiger partial charge in [-0.2, -0.15) is 0 Å². The largest absolute Gasteiger partial charge is 0.313 e. The van der Waals surface area contributed by atoms with E-state index in [2.05, 4.69) is 31.6 Å². The van der Waals surface area contributed by atoms with Crippen LogP contribution in [-0.2, 0) is 6.54 Å². The van der Waals surface area contributed by atoms with Crippen molar-refractivity contribution in [2.45, 2.75) is 25.3 Å². The fourth-order valence-corrected chi connectivity index (χ4v) is 4.92. The molecular formula is C22H19FN4. The molecular weight excluding hydrogens is 339 g/mol. The fourth-order valence-electron chi connectivity index (χ4n) is 4.92. The molecule has 0 spiro atoms. The Balaban J connectivity index is 1.69. The molecule has 0 radical (unpaired) electrons. The van der Waals surface area contributed by atoms with E-state index in [1.807, 2.05) is 18.3 Å². The molecule has 0 unspecified atom stereocenters. The van der Waals surface area contributed by atoms with Crippen LogP contribution in [0.25, 0.3) is 27.5 Å². The third kappa shape index (κ3) is 2.24. The van der Waals surface area contributed by atoms with Crippen LogP contribution in [0.3, 0.4) is 0 Å². The monoisotopic (exact) mass is 358 g/mol. The summed E-state index contributed by atoms with van der Waals surface area (Å²) in [6.07, 6.45) is 5.77. The summed E-state index contributed by atoms with van der Waals surface area (Å²) < 4.78 is 16.5. The summed E-state index contributed by atoms with van der Waals surface area (Å²) in [6, 6.07) is 11.5. The van der Waals surface area contributed by atoms with Crippen LogP contribution in [0.5, 0.6) is 0 Å². The third-order valence-corrected chi connectivity index (χ3v) is 6.18. The van der Waals surface area contributed by atoms with E-state index in [1.54, 1.807) is 18.5 Å². The van der Waals surface area contributed by atoms with Crippen molar-refractivity contribution in [3.8, 4) is 5.69 Å². The number of fused-ring (bicyclic) bond motifs is 4. The van der Waals surface area contributed by atoms with Crippen molar-refractivity contribution < 1.29 is 4.39 Å². The number of piperidine rings is 1. The minimum absolute atomic E-state index is 0.166. The van der Waals surface area contributed by atoms with Gasteiger partial charge in [-0.25, -0.2) is 14.4 Å². The highest BCUT2D eigenvalue weighted by Gasteiger charge is 2.33. The van der Waals surface area contributed by atoms with Gasteiger partial charge in [0.15, 0.2) is 0 Å². The van der Waals surface area contributed by atoms with Crippen LogP contribution in [0, 0.1) is 5.82 Å². The molecule has 4 nitrogen and oxygen atoms in total. The number of halogens is 1. The van der Waals surface area contributed by atoms with Crippen molar-refractivity contribution >= 4 is 21.8 Å². The highest BCUT2D eigenvalue weighted by atomic mass is 19.1. The van der Waals surface area contributed by atoms with Crippen LogP contribution >= 0.6 is 0 Å². The van der Waals surface area contributed by atoms with Gasteiger partial charge in [-0.1, -0.05) is 0 Å². The highest BCUT2D eigenvalue weighted by Crippen LogP contribution is 2.42. The molecule has 27 heavy (non-hydrogen) atoms. The smallest absolute Gasteiger partial charge is 0.123 e. The maximum Gasteiger partial charge on any atom is 0.123 e. The third-order valence-electron chi connectivity index (χ3n) is 6.18. The van der Waals surface area contributed by atoms with Gasteiger partial charge in [0.25, 0.3) is 0 Å². The Bertz CT molecular complexity index is 1190. The second-order valence-corrected chi connectivity index (χ2v) is 7.68. The van der Waals surface area contributed by atoms with Crippen molar-refractivity contribution in [2.24, 2.45) is 0 Å². The lowest BCUT2D eigenvalue weighted by molar-refractivity contribution is 0.220. The number of aromatic nitrogens is 3. The molecule has 3 aliphatic rings. The molecule has 0 N–H and O–H groups in total. The number of benzene rings is 2. The molecule has 4 aromatic rings. The molecule has 7 rings (SSSR count). The van der Waals surface area contributed by atoms with Crippen LogP contribution < -0.4 is 0 Å². The Labute approximate surface area is 156 Å². The topological polar surface area (TPSA) is 34.0 Å². The molecule has 0 atom stereocenters. The predicted molar refractivity (Wildman–Crippen MR) is 104 cm³/mol. The van der Waals surface area contributed by atoms with Gasteiger partial charge in [0, 0.05) is 40.8 Å². The minimum atomic E-state index is -0.166. The molecule has 3 aliphatic heterocycles. The summed E-state index contributed by atoms with van der Waals surface area (Å²) in [4.78, 5) is 11.0. The molecule has 134 valence electrons. The molecule has 5 heteroatoms. The van der Waals surface area contributed by atoms with Gasteiger partial charge >= 0.3 is 0 Å². The summed E-state index contributed by atoms with van der Waals surface area (Å²) in [5, 5.41) is 2.07. The molecule has 1 fully saturated rings. The molecule has 0 aliphatic carbocycles. The number of hydrogen-bond donors (Lipinski definition) is 0. The lowest BCUT2D eigenvalue weighted by Gasteiger charge is -2.27. The van der Waals surface area contributed by atoms with Gasteiger partial charge in [-0.15, -0.1) is 0 Å². The number of hydrogen-bond acceptors (Lipinski definition) is 3. The first-order valence-electron chi connectivity index (χ1n) is 9.53. The lowest BCUT2D eigenvalue weighted by Crippen LogP contribution is -2.29. The van der Waals surface area contributed by atoms with Crippen LogP contribution in [-0.4, -0.2) is 32.5 Å². The fraction of sp³-hybridized carbons (Fsp3) is 0.273. The van der Waals surface area contributed by atoms with Crippen LogP contribution in [0.15, 0.2) is 48.9 Å². The van der Waals surface area contributed by atoms with E-state index < -0.39 is 0 Å². The van der Waals surface area contributed by atoms with E-state index >= 15 is 0 Å². The maximum atomic E-state index is 14.1. The molecule has 2 aromatic heterocycles. The Morgan fingerprint density at radius 3 is 2.81 bits per heavy atom. The second kappa shape index (κ2) is 5.60. The summed E-state index contributed by atoms with van der Waals surface area (Å²) in [6.45, 7) is 3.17. The average Bonchev–Trinajstić information content (AvgIpc) is 2.82. The zero-order valence-corrected chi connectivity index (χ0v) is 14.9. The lowest BCUT2D eigenvalue weighted by atomic mass is 9.94. The minimum Gasteiger partial charge on any atom is -0.313 e. The van der Waals surface area contributed by atoms with E-state index in [9.17, 15) is 4.39 Å². The Hall–Kier alpha value is -2.79. The molecule has 2 aromatic carbocycles. The maximum absolute atomic E-state index is 14.1. The SMILES string of the molecule is Fc1ccc2c(c1)c1c(n2-c2ccc3ncncc3c2)C2CCN(CC2)C1. The molecule has 0 amide bonds. The molecule has 0 saturated carbocycles. The Morgan fingerprint density at radius 2 is 1.93 bits per heavy atom. The van der Waals surface area contributed by atoms with Crippen molar-refractivity contribution in [1.29, 1.82) is 0 Å². The number of nitrogens with zero attached hydrogens (tertiary/aromatic N) is 4. The van der Waals surface area contributed by atoms with Gasteiger partial charge < -0.3 is 4.57 Å². The van der Waals surface area contributed by atoms with Crippen molar-refractivity contribution in [3.63, 3.8) is 0 Å². The van der Waals surface area contributed by atoms with Gasteiger partial charge in [0.1, 0.15) is 12.1 Å². The predicted octanol–water partition coefficient (Wildman–Crippen LogP) is 4.41. The van der Waals surface area contributed by atoms with Crippen LogP contribution in [0.4, 0.5) is 4.39 Å². The summed E-state index contributed by atoms with van der Waals surface area (Å²) >= 11 is 0. The zero-order valence-electron chi connectivity index (χ0n) is 14.9. The van der Waals surface area contributed by atoms with E-state index in [-0.39, 0.29) is 5.82 Å². The highest BCUT2D eigenvalue weighted by molar-refractivity contribution is 5.89. The summed E-state index contributed by atoms with van der Waals surface area (Å²) in [5.74, 6) is 0.359. The van der Waals surface area contributed by atoms with Crippen LogP contribution in [0.1, 0.15) is 30.0 Å². The van der Waals surface area contributed by atoms with E-state index in [1.165, 1.54) is 24.1 Å². The molecule has 1 saturated heterocycles. The first-order valence-corrected chi connectivity index (χ1v) is 9.53. The first kappa shape index (κ1) is 15.3. The number of rotatable bonds is 1. The van der Waals surface area contributed by atoms with Crippen molar-refractivity contribution in [1.82, 2.24) is 19.4 Å². The Kier molecular flexibility index (Phi) is 3.17. The van der Waals surface area contributed by atoms with Gasteiger partial charge in [0.2, 0.25) is 0 Å². The van der Waals surface area contributed by atoms with E-state index in [0.717, 1.165) is 47.1 Å². The van der Waals surface area contributed by atoms with Gasteiger partial charge in [-0.05, 0) is 67.9 Å². The first-order chi connectivity index (χ1) is 13.3. The van der Waals surface area contributed by atoms with Gasteiger partial charge in [0.05, 0.1) is 11.0 Å². The van der Waals surface area contributed by atoms with E-state index in [0.29, 0.717) is 5.92 Å². The molecule has 5 heterocycles. The zero-order chi connectivity index (χ0) is 18.0.